The van der Waals surface area contributed by atoms with Crippen LogP contribution in [0.4, 0.5) is 5.95 Å². The van der Waals surface area contributed by atoms with Crippen molar-refractivity contribution in [2.24, 2.45) is 0 Å². The molecule has 0 amide bonds. The minimum Gasteiger partial charge on any atom is -0.349 e. The Morgan fingerprint density at radius 2 is 2.00 bits per heavy atom. The molecule has 0 spiro atoms. The summed E-state index contributed by atoms with van der Waals surface area (Å²) in [5, 5.41) is 7.59. The maximum Gasteiger partial charge on any atom is 0.243 e. The van der Waals surface area contributed by atoms with Gasteiger partial charge in [-0.2, -0.15) is 4.98 Å². The van der Waals surface area contributed by atoms with E-state index in [4.69, 9.17) is 0 Å². The number of hydrogen-bond donors (Lipinski definition) is 1. The summed E-state index contributed by atoms with van der Waals surface area (Å²) in [6, 6.07) is 14.2. The first-order valence-electron chi connectivity index (χ1n) is 5.92. The molecule has 0 unspecified atom stereocenters. The van der Waals surface area contributed by atoms with Crippen molar-refractivity contribution in [3.63, 3.8) is 0 Å². The molecule has 0 aliphatic carbocycles. The highest BCUT2D eigenvalue weighted by Gasteiger charge is 2.02. The molecular weight excluding hydrogens is 224 g/mol. The number of fused-ring (bicyclic) bond motifs is 1. The minimum absolute atomic E-state index is 0.657. The monoisotopic (exact) mass is 238 g/mol. The van der Waals surface area contributed by atoms with Gasteiger partial charge in [-0.3, -0.25) is 0 Å². The third kappa shape index (κ3) is 2.18. The van der Waals surface area contributed by atoms with E-state index in [0.717, 1.165) is 12.2 Å². The van der Waals surface area contributed by atoms with Crippen LogP contribution < -0.4 is 5.32 Å². The van der Waals surface area contributed by atoms with Crippen LogP contribution in [-0.4, -0.2) is 14.6 Å². The Hall–Kier alpha value is -2.36. The Bertz CT molecular complexity index is 658. The van der Waals surface area contributed by atoms with Gasteiger partial charge in [-0.05, 0) is 30.2 Å². The van der Waals surface area contributed by atoms with Gasteiger partial charge in [-0.15, -0.1) is 5.10 Å². The topological polar surface area (TPSA) is 42.2 Å². The summed E-state index contributed by atoms with van der Waals surface area (Å²) in [5.41, 5.74) is 3.27. The molecule has 1 aromatic carbocycles. The number of nitrogens with one attached hydrogen (secondary N) is 1. The van der Waals surface area contributed by atoms with Crippen LogP contribution in [0, 0.1) is 6.92 Å². The van der Waals surface area contributed by atoms with Gasteiger partial charge >= 0.3 is 0 Å². The fourth-order valence-electron chi connectivity index (χ4n) is 1.84. The quantitative estimate of drug-likeness (QED) is 0.762. The van der Waals surface area contributed by atoms with E-state index in [1.807, 2.05) is 43.5 Å². The van der Waals surface area contributed by atoms with Gasteiger partial charge in [0, 0.05) is 12.7 Å². The molecule has 2 heterocycles. The summed E-state index contributed by atoms with van der Waals surface area (Å²) in [6.45, 7) is 2.78. The highest BCUT2D eigenvalue weighted by Crippen LogP contribution is 2.08. The van der Waals surface area contributed by atoms with E-state index in [2.05, 4.69) is 27.5 Å². The van der Waals surface area contributed by atoms with Crippen LogP contribution in [0.15, 0.2) is 48.7 Å². The number of rotatable bonds is 3. The number of pyridine rings is 1. The highest BCUT2D eigenvalue weighted by molar-refractivity contribution is 5.45. The first-order valence-corrected chi connectivity index (χ1v) is 5.92. The zero-order valence-corrected chi connectivity index (χ0v) is 10.2. The van der Waals surface area contributed by atoms with E-state index in [-0.39, 0.29) is 0 Å². The van der Waals surface area contributed by atoms with Crippen LogP contribution >= 0.6 is 0 Å². The molecule has 0 aliphatic rings. The van der Waals surface area contributed by atoms with Crippen molar-refractivity contribution in [2.45, 2.75) is 13.5 Å². The van der Waals surface area contributed by atoms with Gasteiger partial charge in [-0.25, -0.2) is 4.52 Å². The van der Waals surface area contributed by atoms with Crippen molar-refractivity contribution in [3.8, 4) is 0 Å². The standard InChI is InChI=1S/C14H14N4/c1-11-7-8-18-13(9-11)16-14(17-18)15-10-12-5-3-2-4-6-12/h2-9H,10H2,1H3,(H,15,17). The maximum atomic E-state index is 4.43. The van der Waals surface area contributed by atoms with E-state index >= 15 is 0 Å². The SMILES string of the molecule is Cc1ccn2nc(NCc3ccccc3)nc2c1. The molecule has 18 heavy (non-hydrogen) atoms. The molecule has 1 N–H and O–H groups in total. The number of aryl methyl sites for hydroxylation is 1. The number of hydrogen-bond acceptors (Lipinski definition) is 3. The number of aromatic nitrogens is 3. The fraction of sp³-hybridized carbons (Fsp3) is 0.143. The van der Waals surface area contributed by atoms with Crippen molar-refractivity contribution in [3.05, 3.63) is 59.8 Å². The van der Waals surface area contributed by atoms with Crippen molar-refractivity contribution in [1.82, 2.24) is 14.6 Å². The summed E-state index contributed by atoms with van der Waals surface area (Å²) in [4.78, 5) is 4.43. The summed E-state index contributed by atoms with van der Waals surface area (Å²) < 4.78 is 1.78. The molecule has 90 valence electrons. The third-order valence-corrected chi connectivity index (χ3v) is 2.79. The molecule has 0 fully saturated rings. The summed E-state index contributed by atoms with van der Waals surface area (Å²) in [6.07, 6.45) is 1.92. The maximum absolute atomic E-state index is 4.43. The zero-order chi connectivity index (χ0) is 12.4. The molecule has 0 saturated heterocycles. The highest BCUT2D eigenvalue weighted by atomic mass is 15.3. The van der Waals surface area contributed by atoms with E-state index in [9.17, 15) is 0 Å². The minimum atomic E-state index is 0.657. The molecular formula is C14H14N4. The zero-order valence-electron chi connectivity index (χ0n) is 10.2. The van der Waals surface area contributed by atoms with Crippen LogP contribution in [-0.2, 0) is 6.54 Å². The van der Waals surface area contributed by atoms with Gasteiger partial charge in [0.2, 0.25) is 5.95 Å². The first-order chi connectivity index (χ1) is 8.81. The lowest BCUT2D eigenvalue weighted by atomic mass is 10.2. The molecule has 0 aliphatic heterocycles. The second kappa shape index (κ2) is 4.49. The molecule has 0 radical (unpaired) electrons. The van der Waals surface area contributed by atoms with E-state index in [1.54, 1.807) is 4.52 Å². The van der Waals surface area contributed by atoms with Gasteiger partial charge in [0.15, 0.2) is 5.65 Å². The number of anilines is 1. The Kier molecular flexibility index (Phi) is 2.68. The van der Waals surface area contributed by atoms with E-state index in [1.165, 1.54) is 11.1 Å². The van der Waals surface area contributed by atoms with Crippen LogP contribution in [0.1, 0.15) is 11.1 Å². The lowest BCUT2D eigenvalue weighted by molar-refractivity contribution is 0.947. The van der Waals surface area contributed by atoms with E-state index in [0.29, 0.717) is 5.95 Å². The molecule has 0 bridgehead atoms. The Labute approximate surface area is 105 Å². The fourth-order valence-corrected chi connectivity index (χ4v) is 1.84. The largest absolute Gasteiger partial charge is 0.349 e. The molecule has 3 aromatic rings. The summed E-state index contributed by atoms with van der Waals surface area (Å²) in [5.74, 6) is 0.657. The normalized spacial score (nSPS) is 10.7. The second-order valence-electron chi connectivity index (χ2n) is 4.28. The average molecular weight is 238 g/mol. The third-order valence-electron chi connectivity index (χ3n) is 2.79. The number of benzene rings is 1. The lowest BCUT2D eigenvalue weighted by Crippen LogP contribution is -2.00. The van der Waals surface area contributed by atoms with Crippen molar-refractivity contribution >= 4 is 11.6 Å². The smallest absolute Gasteiger partial charge is 0.243 e. The van der Waals surface area contributed by atoms with Gasteiger partial charge in [-0.1, -0.05) is 30.3 Å². The van der Waals surface area contributed by atoms with Gasteiger partial charge in [0.05, 0.1) is 0 Å². The van der Waals surface area contributed by atoms with Gasteiger partial charge in [0.1, 0.15) is 0 Å². The van der Waals surface area contributed by atoms with Gasteiger partial charge in [0.25, 0.3) is 0 Å². The van der Waals surface area contributed by atoms with Crippen molar-refractivity contribution < 1.29 is 0 Å². The van der Waals surface area contributed by atoms with E-state index < -0.39 is 0 Å². The second-order valence-corrected chi connectivity index (χ2v) is 4.28. The van der Waals surface area contributed by atoms with Crippen LogP contribution in [0.3, 0.4) is 0 Å². The first kappa shape index (κ1) is 10.8. The molecule has 2 aromatic heterocycles. The summed E-state index contributed by atoms with van der Waals surface area (Å²) in [7, 11) is 0. The van der Waals surface area contributed by atoms with Crippen molar-refractivity contribution in [2.75, 3.05) is 5.32 Å². The molecule has 0 atom stereocenters. The van der Waals surface area contributed by atoms with Crippen LogP contribution in [0.25, 0.3) is 5.65 Å². The molecule has 4 heteroatoms. The molecule has 0 saturated carbocycles. The Morgan fingerprint density at radius 3 is 2.83 bits per heavy atom. The predicted molar refractivity (Wildman–Crippen MR) is 71.5 cm³/mol. The predicted octanol–water partition coefficient (Wildman–Crippen LogP) is 2.65. The average Bonchev–Trinajstić information content (AvgIpc) is 2.79. The summed E-state index contributed by atoms with van der Waals surface area (Å²) >= 11 is 0. The van der Waals surface area contributed by atoms with Crippen LogP contribution in [0.5, 0.6) is 0 Å². The van der Waals surface area contributed by atoms with Gasteiger partial charge < -0.3 is 5.32 Å². The number of nitrogens with zero attached hydrogens (tertiary/aromatic N) is 3. The Morgan fingerprint density at radius 1 is 1.17 bits per heavy atom. The molecule has 3 rings (SSSR count). The Balaban J connectivity index is 1.79. The van der Waals surface area contributed by atoms with Crippen molar-refractivity contribution in [1.29, 1.82) is 0 Å². The lowest BCUT2D eigenvalue weighted by Gasteiger charge is -2.00. The molecule has 4 nitrogen and oxygen atoms in total. The van der Waals surface area contributed by atoms with Crippen LogP contribution in [0.2, 0.25) is 0 Å².